The molecule has 0 fully saturated rings. The molecule has 1 rings (SSSR count). The van der Waals surface area contributed by atoms with Crippen molar-refractivity contribution >= 4 is 25.0 Å². The Balaban J connectivity index is 3.20. The third-order valence-electron chi connectivity index (χ3n) is 4.28. The van der Waals surface area contributed by atoms with Crippen molar-refractivity contribution in [2.24, 2.45) is 4.40 Å². The first-order valence-corrected chi connectivity index (χ1v) is 12.2. The summed E-state index contributed by atoms with van der Waals surface area (Å²) in [5.41, 5.74) is 0.764. The molecule has 0 unspecified atom stereocenters. The second-order valence-electron chi connectivity index (χ2n) is 8.43. The van der Waals surface area contributed by atoms with Gasteiger partial charge < -0.3 is 4.43 Å². The Morgan fingerprint density at radius 3 is 2.17 bits per heavy atom. The van der Waals surface area contributed by atoms with Gasteiger partial charge in [-0.1, -0.05) is 39.0 Å². The third-order valence-corrected chi connectivity index (χ3v) is 10.2. The molecule has 6 heteroatoms. The van der Waals surface area contributed by atoms with Gasteiger partial charge in [0.05, 0.1) is 17.1 Å². The summed E-state index contributed by atoms with van der Waals surface area (Å²) in [5, 5.41) is 0.0382. The second kappa shape index (κ2) is 7.58. The summed E-state index contributed by atoms with van der Waals surface area (Å²) in [5.74, 6) is -0.374. The van der Waals surface area contributed by atoms with E-state index < -0.39 is 24.1 Å². The van der Waals surface area contributed by atoms with Crippen LogP contribution in [0.15, 0.2) is 28.7 Å². The van der Waals surface area contributed by atoms with Crippen molar-refractivity contribution in [3.8, 4) is 0 Å². The highest BCUT2D eigenvalue weighted by atomic mass is 32.2. The Hall–Kier alpha value is -0.853. The van der Waals surface area contributed by atoms with E-state index in [0.29, 0.717) is 11.3 Å². The Labute approximate surface area is 149 Å². The minimum absolute atomic E-state index is 0.0382. The number of rotatable bonds is 5. The van der Waals surface area contributed by atoms with Gasteiger partial charge in [0.25, 0.3) is 0 Å². The highest BCUT2D eigenvalue weighted by Gasteiger charge is 2.37. The van der Waals surface area contributed by atoms with Gasteiger partial charge in [-0.05, 0) is 45.0 Å². The summed E-state index contributed by atoms with van der Waals surface area (Å²) < 4.78 is 36.6. The van der Waals surface area contributed by atoms with Gasteiger partial charge in [-0.2, -0.15) is 4.40 Å². The van der Waals surface area contributed by atoms with Crippen LogP contribution in [0.25, 0.3) is 0 Å². The molecule has 136 valence electrons. The second-order valence-corrected chi connectivity index (χ2v) is 15.1. The first kappa shape index (κ1) is 21.2. The third kappa shape index (κ3) is 5.60. The highest BCUT2D eigenvalue weighted by Crippen LogP contribution is 2.36. The molecule has 1 aromatic rings. The van der Waals surface area contributed by atoms with Crippen LogP contribution in [0.5, 0.6) is 0 Å². The predicted molar refractivity (Wildman–Crippen MR) is 104 cm³/mol. The Morgan fingerprint density at radius 1 is 1.17 bits per heavy atom. The minimum atomic E-state index is -2.02. The summed E-state index contributed by atoms with van der Waals surface area (Å²) in [6.07, 6.45) is 0. The van der Waals surface area contributed by atoms with Crippen LogP contribution in [-0.2, 0) is 15.4 Å². The van der Waals surface area contributed by atoms with Crippen LogP contribution < -0.4 is 0 Å². The van der Waals surface area contributed by atoms with Crippen molar-refractivity contribution < 1.29 is 13.0 Å². The maximum absolute atomic E-state index is 14.2. The topological polar surface area (TPSA) is 38.7 Å². The van der Waals surface area contributed by atoms with Gasteiger partial charge >= 0.3 is 0 Å². The summed E-state index contributed by atoms with van der Waals surface area (Å²) in [7, 11) is -3.49. The van der Waals surface area contributed by atoms with Gasteiger partial charge in [-0.15, -0.1) is 0 Å². The van der Waals surface area contributed by atoms with Gasteiger partial charge in [0.15, 0.2) is 8.32 Å². The molecule has 0 N–H and O–H groups in total. The first-order chi connectivity index (χ1) is 10.8. The fourth-order valence-corrected chi connectivity index (χ4v) is 3.11. The van der Waals surface area contributed by atoms with Crippen LogP contribution in [0.3, 0.4) is 0 Å². The number of hydrogen-bond donors (Lipinski definition) is 0. The zero-order valence-corrected chi connectivity index (χ0v) is 17.9. The molecule has 0 aliphatic heterocycles. The molecule has 0 radical (unpaired) electrons. The lowest BCUT2D eigenvalue weighted by molar-refractivity contribution is 0.340. The predicted octanol–water partition coefficient (Wildman–Crippen LogP) is 5.10. The average Bonchev–Trinajstić information content (AvgIpc) is 2.41. The summed E-state index contributed by atoms with van der Waals surface area (Å²) in [6.45, 7) is 16.4. The monoisotopic (exact) mass is 371 g/mol. The number of halogens is 1. The minimum Gasteiger partial charge on any atom is -0.411 e. The van der Waals surface area contributed by atoms with E-state index in [0.717, 1.165) is 0 Å². The first-order valence-electron chi connectivity index (χ1n) is 8.14. The maximum atomic E-state index is 14.2. The normalized spacial score (nSPS) is 15.5. The highest BCUT2D eigenvalue weighted by molar-refractivity contribution is 7.85. The van der Waals surface area contributed by atoms with Crippen LogP contribution in [0.1, 0.15) is 47.1 Å². The van der Waals surface area contributed by atoms with Crippen molar-refractivity contribution in [1.82, 2.24) is 0 Å². The quantitative estimate of drug-likeness (QED) is 0.533. The van der Waals surface area contributed by atoms with E-state index >= 15 is 0 Å². The lowest BCUT2D eigenvalue weighted by Crippen LogP contribution is -2.42. The van der Waals surface area contributed by atoms with E-state index in [2.05, 4.69) is 38.3 Å². The lowest BCUT2D eigenvalue weighted by Gasteiger charge is -2.36. The molecule has 0 spiro atoms. The summed E-state index contributed by atoms with van der Waals surface area (Å²) in [4.78, 5) is 0. The van der Waals surface area contributed by atoms with Gasteiger partial charge in [-0.3, -0.25) is 0 Å². The fourth-order valence-electron chi connectivity index (χ4n) is 1.55. The summed E-state index contributed by atoms with van der Waals surface area (Å²) in [6, 6.07) is 6.42. The fraction of sp³-hybridized carbons (Fsp3) is 0.611. The van der Waals surface area contributed by atoms with Crippen molar-refractivity contribution in [2.75, 3.05) is 6.61 Å². The number of nitrogens with zero attached hydrogens (tertiary/aromatic N) is 1. The molecule has 0 aliphatic rings. The van der Waals surface area contributed by atoms with Crippen LogP contribution in [0, 0.1) is 5.82 Å². The SMILES string of the molecule is CC(C)(C)[S@@](=O)/N=C(/CO[Si](C)(C)C(C)(C)C)c1ccccc1F. The molecule has 0 amide bonds. The Bertz CT molecular complexity index is 631. The molecule has 0 bridgehead atoms. The van der Waals surface area contributed by atoms with E-state index in [1.54, 1.807) is 18.2 Å². The molecule has 1 atom stereocenters. The molecule has 0 heterocycles. The van der Waals surface area contributed by atoms with Crippen LogP contribution >= 0.6 is 0 Å². The number of hydrogen-bond acceptors (Lipinski definition) is 2. The zero-order valence-electron chi connectivity index (χ0n) is 16.1. The Kier molecular flexibility index (Phi) is 6.69. The van der Waals surface area contributed by atoms with Crippen molar-refractivity contribution in [2.45, 2.75) is 64.4 Å². The van der Waals surface area contributed by atoms with E-state index in [9.17, 15) is 8.60 Å². The van der Waals surface area contributed by atoms with E-state index in [-0.39, 0.29) is 17.5 Å². The molecule has 1 aromatic carbocycles. The van der Waals surface area contributed by atoms with Gasteiger partial charge in [0.2, 0.25) is 0 Å². The van der Waals surface area contributed by atoms with Crippen LogP contribution in [0.2, 0.25) is 18.1 Å². The van der Waals surface area contributed by atoms with Crippen molar-refractivity contribution in [3.63, 3.8) is 0 Å². The molecular weight excluding hydrogens is 341 g/mol. The van der Waals surface area contributed by atoms with Gasteiger partial charge in [0, 0.05) is 5.56 Å². The molecular formula is C18H30FNO2SSi. The lowest BCUT2D eigenvalue weighted by atomic mass is 10.1. The van der Waals surface area contributed by atoms with Gasteiger partial charge in [0.1, 0.15) is 16.8 Å². The van der Waals surface area contributed by atoms with Crippen LogP contribution in [0.4, 0.5) is 4.39 Å². The molecule has 0 saturated carbocycles. The molecule has 3 nitrogen and oxygen atoms in total. The molecule has 0 saturated heterocycles. The zero-order chi connectivity index (χ0) is 18.8. The molecule has 24 heavy (non-hydrogen) atoms. The molecule has 0 aromatic heterocycles. The largest absolute Gasteiger partial charge is 0.411 e. The smallest absolute Gasteiger partial charge is 0.192 e. The number of benzene rings is 1. The maximum Gasteiger partial charge on any atom is 0.192 e. The summed E-state index contributed by atoms with van der Waals surface area (Å²) >= 11 is 0. The van der Waals surface area contributed by atoms with Crippen LogP contribution in [-0.4, -0.2) is 29.6 Å². The van der Waals surface area contributed by atoms with Crippen molar-refractivity contribution in [1.29, 1.82) is 0 Å². The van der Waals surface area contributed by atoms with E-state index in [1.165, 1.54) is 6.07 Å². The Morgan fingerprint density at radius 2 is 1.71 bits per heavy atom. The van der Waals surface area contributed by atoms with Crippen molar-refractivity contribution in [3.05, 3.63) is 35.6 Å². The van der Waals surface area contributed by atoms with Gasteiger partial charge in [-0.25, -0.2) is 8.60 Å². The average molecular weight is 372 g/mol. The van der Waals surface area contributed by atoms with E-state index in [4.69, 9.17) is 4.43 Å². The molecule has 0 aliphatic carbocycles. The van der Waals surface area contributed by atoms with E-state index in [1.807, 2.05) is 20.8 Å². The standard InChI is InChI=1S/C18H30FNO2SSi/c1-17(2,3)23(21)20-16(14-11-9-10-12-15(14)19)13-22-24(7,8)18(4,5)6/h9-12H,13H2,1-8H3/b20-16-/t23-/m1/s1.